The SMILES string of the molecule is COC1=C2OCOC2C(C)C(/C=C\c2ccc(OC)c(NC(=O)[C@@H](N)Cc3ccc(O)cc3)c2)=C1. The summed E-state index contributed by atoms with van der Waals surface area (Å²) in [6.07, 6.45) is 6.09. The van der Waals surface area contributed by atoms with E-state index in [-0.39, 0.29) is 30.5 Å². The van der Waals surface area contributed by atoms with Gasteiger partial charge < -0.3 is 35.1 Å². The highest BCUT2D eigenvalue weighted by Gasteiger charge is 2.36. The van der Waals surface area contributed by atoms with Crippen molar-refractivity contribution in [1.82, 2.24) is 0 Å². The van der Waals surface area contributed by atoms with Gasteiger partial charge in [-0.25, -0.2) is 0 Å². The monoisotopic (exact) mass is 478 g/mol. The molecule has 4 N–H and O–H groups in total. The number of phenols is 1. The summed E-state index contributed by atoms with van der Waals surface area (Å²) in [5.74, 6) is 1.85. The van der Waals surface area contributed by atoms with E-state index in [0.29, 0.717) is 23.6 Å². The summed E-state index contributed by atoms with van der Waals surface area (Å²) >= 11 is 0. The molecule has 0 radical (unpaired) electrons. The Hall–Kier alpha value is -3.75. The van der Waals surface area contributed by atoms with Crippen LogP contribution in [0.25, 0.3) is 6.08 Å². The Kier molecular flexibility index (Phi) is 7.43. The van der Waals surface area contributed by atoms with Crippen LogP contribution in [0.5, 0.6) is 11.5 Å². The number of hydrogen-bond donors (Lipinski definition) is 3. The normalized spacial score (nSPS) is 20.2. The van der Waals surface area contributed by atoms with Crippen LogP contribution in [0.1, 0.15) is 18.1 Å². The van der Waals surface area contributed by atoms with Crippen LogP contribution >= 0.6 is 0 Å². The van der Waals surface area contributed by atoms with E-state index in [0.717, 1.165) is 22.5 Å². The number of nitrogens with one attached hydrogen (secondary N) is 1. The topological polar surface area (TPSA) is 112 Å². The lowest BCUT2D eigenvalue weighted by Gasteiger charge is -2.24. The number of phenolic OH excluding ortho intramolecular Hbond substituents is 1. The zero-order chi connectivity index (χ0) is 24.9. The molecule has 8 heteroatoms. The first-order chi connectivity index (χ1) is 16.9. The van der Waals surface area contributed by atoms with Gasteiger partial charge in [-0.05, 0) is 53.5 Å². The fourth-order valence-corrected chi connectivity index (χ4v) is 4.12. The molecule has 2 aliphatic rings. The minimum atomic E-state index is -0.765. The van der Waals surface area contributed by atoms with E-state index in [9.17, 15) is 9.90 Å². The fourth-order valence-electron chi connectivity index (χ4n) is 4.12. The molecule has 1 amide bonds. The Labute approximate surface area is 204 Å². The molecule has 0 saturated carbocycles. The number of aromatic hydroxyl groups is 1. The van der Waals surface area contributed by atoms with E-state index in [1.165, 1.54) is 0 Å². The minimum Gasteiger partial charge on any atom is -0.508 e. The van der Waals surface area contributed by atoms with Crippen LogP contribution in [0.15, 0.2) is 71.7 Å². The lowest BCUT2D eigenvalue weighted by molar-refractivity contribution is -0.117. The first-order valence-corrected chi connectivity index (χ1v) is 11.3. The van der Waals surface area contributed by atoms with Crippen LogP contribution in [0, 0.1) is 5.92 Å². The third-order valence-corrected chi connectivity index (χ3v) is 6.14. The number of methoxy groups -OCH3 is 2. The second kappa shape index (κ2) is 10.7. The molecule has 2 aromatic rings. The summed E-state index contributed by atoms with van der Waals surface area (Å²) < 4.78 is 22.2. The van der Waals surface area contributed by atoms with Crippen molar-refractivity contribution in [2.24, 2.45) is 11.7 Å². The van der Waals surface area contributed by atoms with Gasteiger partial charge in [0.1, 0.15) is 17.6 Å². The number of carbonyl (C=O) groups excluding carboxylic acids is 1. The van der Waals surface area contributed by atoms with Gasteiger partial charge in [0, 0.05) is 5.92 Å². The minimum absolute atomic E-state index is 0.0953. The number of fused-ring (bicyclic) bond motifs is 1. The zero-order valence-corrected chi connectivity index (χ0v) is 20.0. The molecular formula is C27H30N2O6. The van der Waals surface area contributed by atoms with Crippen LogP contribution in [0.2, 0.25) is 0 Å². The number of rotatable bonds is 8. The second-order valence-corrected chi connectivity index (χ2v) is 8.47. The molecule has 0 aromatic heterocycles. The molecule has 4 rings (SSSR count). The quantitative estimate of drug-likeness (QED) is 0.530. The number of ether oxygens (including phenoxy) is 4. The smallest absolute Gasteiger partial charge is 0.241 e. The summed E-state index contributed by atoms with van der Waals surface area (Å²) in [6, 6.07) is 11.4. The second-order valence-electron chi connectivity index (χ2n) is 8.47. The highest BCUT2D eigenvalue weighted by atomic mass is 16.7. The van der Waals surface area contributed by atoms with Gasteiger partial charge in [0.25, 0.3) is 0 Å². The summed E-state index contributed by atoms with van der Waals surface area (Å²) in [4.78, 5) is 12.8. The molecule has 3 atom stereocenters. The van der Waals surface area contributed by atoms with Crippen LogP contribution in [-0.4, -0.2) is 44.2 Å². The van der Waals surface area contributed by atoms with Gasteiger partial charge in [0.05, 0.1) is 25.9 Å². The molecule has 2 aromatic carbocycles. The first kappa shape index (κ1) is 24.4. The maximum absolute atomic E-state index is 12.8. The van der Waals surface area contributed by atoms with Gasteiger partial charge in [0.15, 0.2) is 18.3 Å². The maximum atomic E-state index is 12.8. The molecule has 1 saturated heterocycles. The van der Waals surface area contributed by atoms with Crippen molar-refractivity contribution in [3.8, 4) is 11.5 Å². The van der Waals surface area contributed by atoms with E-state index >= 15 is 0 Å². The number of hydrogen-bond acceptors (Lipinski definition) is 7. The van der Waals surface area contributed by atoms with Crippen LogP contribution in [0.3, 0.4) is 0 Å². The average molecular weight is 479 g/mol. The predicted octanol–water partition coefficient (Wildman–Crippen LogP) is 3.73. The number of nitrogens with two attached hydrogens (primary N) is 1. The molecule has 1 fully saturated rings. The van der Waals surface area contributed by atoms with Gasteiger partial charge in [0.2, 0.25) is 5.91 Å². The number of anilines is 1. The Balaban J connectivity index is 1.49. The third-order valence-electron chi connectivity index (χ3n) is 6.14. The molecule has 1 heterocycles. The number of amides is 1. The first-order valence-electron chi connectivity index (χ1n) is 11.3. The van der Waals surface area contributed by atoms with E-state index in [4.69, 9.17) is 24.7 Å². The van der Waals surface area contributed by atoms with E-state index in [1.807, 2.05) is 30.4 Å². The molecule has 0 bridgehead atoms. The predicted molar refractivity (Wildman–Crippen MR) is 133 cm³/mol. The summed E-state index contributed by atoms with van der Waals surface area (Å²) in [5.41, 5.74) is 9.43. The molecule has 2 unspecified atom stereocenters. The Bertz CT molecular complexity index is 1170. The molecular weight excluding hydrogens is 448 g/mol. The van der Waals surface area contributed by atoms with Crippen molar-refractivity contribution in [3.05, 3.63) is 82.8 Å². The van der Waals surface area contributed by atoms with Crippen molar-refractivity contribution >= 4 is 17.7 Å². The van der Waals surface area contributed by atoms with Gasteiger partial charge in [-0.1, -0.05) is 37.3 Å². The highest BCUT2D eigenvalue weighted by Crippen LogP contribution is 2.37. The van der Waals surface area contributed by atoms with Crippen molar-refractivity contribution in [3.63, 3.8) is 0 Å². The van der Waals surface area contributed by atoms with Gasteiger partial charge >= 0.3 is 0 Å². The Morgan fingerprint density at radius 3 is 2.69 bits per heavy atom. The van der Waals surface area contributed by atoms with Crippen LogP contribution < -0.4 is 15.8 Å². The van der Waals surface area contributed by atoms with E-state index in [1.54, 1.807) is 44.6 Å². The highest BCUT2D eigenvalue weighted by molar-refractivity contribution is 5.96. The third kappa shape index (κ3) is 5.50. The number of benzene rings is 2. The summed E-state index contributed by atoms with van der Waals surface area (Å²) in [7, 11) is 3.16. The van der Waals surface area contributed by atoms with Gasteiger partial charge in [-0.2, -0.15) is 0 Å². The summed E-state index contributed by atoms with van der Waals surface area (Å²) in [5, 5.41) is 12.3. The zero-order valence-electron chi connectivity index (χ0n) is 20.0. The fraction of sp³-hybridized carbons (Fsp3) is 0.296. The lowest BCUT2D eigenvalue weighted by atomic mass is 9.88. The largest absolute Gasteiger partial charge is 0.508 e. The van der Waals surface area contributed by atoms with Crippen molar-refractivity contribution in [1.29, 1.82) is 0 Å². The molecule has 35 heavy (non-hydrogen) atoms. The molecule has 1 aliphatic carbocycles. The van der Waals surface area contributed by atoms with Crippen molar-refractivity contribution in [2.75, 3.05) is 26.3 Å². The number of carbonyl (C=O) groups is 1. The summed E-state index contributed by atoms with van der Waals surface area (Å²) in [6.45, 7) is 2.30. The molecule has 1 aliphatic heterocycles. The van der Waals surface area contributed by atoms with Crippen molar-refractivity contribution in [2.45, 2.75) is 25.5 Å². The molecule has 8 nitrogen and oxygen atoms in total. The lowest BCUT2D eigenvalue weighted by Crippen LogP contribution is -2.37. The molecule has 0 spiro atoms. The average Bonchev–Trinajstić information content (AvgIpc) is 3.36. The Morgan fingerprint density at radius 2 is 1.97 bits per heavy atom. The standard InChI is InChI=1S/C27H30N2O6/c1-16-19(14-24(33-3)26-25(16)34-15-35-26)8-4-18-7-11-23(32-2)22(13-18)29-27(31)21(28)12-17-5-9-20(30)10-6-17/h4-11,13-14,16,21,25,30H,12,15,28H2,1-3H3,(H,29,31)/b8-4-/t16?,21-,25?/m0/s1. The van der Waals surface area contributed by atoms with E-state index < -0.39 is 6.04 Å². The Morgan fingerprint density at radius 1 is 1.20 bits per heavy atom. The number of allylic oxidation sites excluding steroid dienone is 2. The maximum Gasteiger partial charge on any atom is 0.241 e. The van der Waals surface area contributed by atoms with E-state index in [2.05, 4.69) is 12.2 Å². The molecule has 184 valence electrons. The van der Waals surface area contributed by atoms with Crippen molar-refractivity contribution < 1.29 is 28.8 Å². The van der Waals surface area contributed by atoms with Crippen LogP contribution in [-0.2, 0) is 25.4 Å². The van der Waals surface area contributed by atoms with Crippen LogP contribution in [0.4, 0.5) is 5.69 Å². The van der Waals surface area contributed by atoms with Gasteiger partial charge in [-0.15, -0.1) is 0 Å². The van der Waals surface area contributed by atoms with Gasteiger partial charge in [-0.3, -0.25) is 4.79 Å².